The van der Waals surface area contributed by atoms with Crippen LogP contribution in [0.1, 0.15) is 42.1 Å². The van der Waals surface area contributed by atoms with Gasteiger partial charge in [0.1, 0.15) is 5.82 Å². The standard InChI is InChI=1S/C24H26FN5O2/c1-16-3-10-22(30-26-11-12-27-30)21(13-16)24(32)29-15-18(5-4-17(29)2)14-23(31)28-20-8-6-19(25)7-9-20/h3,6-13,17-18H,4-5,14-15H2,1-2H3,(H,28,31). The number of piperidine rings is 1. The lowest BCUT2D eigenvalue weighted by Crippen LogP contribution is -2.46. The zero-order chi connectivity index (χ0) is 22.7. The molecule has 1 N–H and O–H groups in total. The van der Waals surface area contributed by atoms with E-state index in [9.17, 15) is 14.0 Å². The van der Waals surface area contributed by atoms with Crippen LogP contribution in [0.15, 0.2) is 54.9 Å². The first-order chi connectivity index (χ1) is 15.4. The number of aryl methyl sites for hydroxylation is 1. The Morgan fingerprint density at radius 3 is 2.53 bits per heavy atom. The summed E-state index contributed by atoms with van der Waals surface area (Å²) < 4.78 is 13.1. The van der Waals surface area contributed by atoms with E-state index in [2.05, 4.69) is 15.5 Å². The Labute approximate surface area is 186 Å². The Bertz CT molecular complexity index is 1100. The molecule has 3 aromatic rings. The lowest BCUT2D eigenvalue weighted by molar-refractivity contribution is -0.117. The lowest BCUT2D eigenvalue weighted by atomic mass is 9.90. The van der Waals surface area contributed by atoms with Gasteiger partial charge < -0.3 is 10.2 Å². The largest absolute Gasteiger partial charge is 0.336 e. The minimum Gasteiger partial charge on any atom is -0.336 e. The van der Waals surface area contributed by atoms with E-state index < -0.39 is 0 Å². The minimum atomic E-state index is -0.348. The summed E-state index contributed by atoms with van der Waals surface area (Å²) in [5, 5.41) is 11.2. The van der Waals surface area contributed by atoms with Crippen LogP contribution >= 0.6 is 0 Å². The van der Waals surface area contributed by atoms with Crippen LogP contribution in [0.5, 0.6) is 0 Å². The average Bonchev–Trinajstić information content (AvgIpc) is 3.31. The Morgan fingerprint density at radius 1 is 1.09 bits per heavy atom. The van der Waals surface area contributed by atoms with Crippen molar-refractivity contribution >= 4 is 17.5 Å². The van der Waals surface area contributed by atoms with E-state index >= 15 is 0 Å². The van der Waals surface area contributed by atoms with Crippen molar-refractivity contribution in [3.63, 3.8) is 0 Å². The third-order valence-corrected chi connectivity index (χ3v) is 5.86. The van der Waals surface area contributed by atoms with Crippen LogP contribution in [0.25, 0.3) is 5.69 Å². The summed E-state index contributed by atoms with van der Waals surface area (Å²) >= 11 is 0. The molecule has 32 heavy (non-hydrogen) atoms. The second-order valence-electron chi connectivity index (χ2n) is 8.35. The summed E-state index contributed by atoms with van der Waals surface area (Å²) in [7, 11) is 0. The highest BCUT2D eigenvalue weighted by Gasteiger charge is 2.32. The summed E-state index contributed by atoms with van der Waals surface area (Å²) in [6.07, 6.45) is 5.14. The number of hydrogen-bond donors (Lipinski definition) is 1. The molecule has 166 valence electrons. The van der Waals surface area contributed by atoms with E-state index in [0.29, 0.717) is 29.9 Å². The SMILES string of the molecule is Cc1ccc(-n2nccn2)c(C(=O)N2CC(CC(=O)Nc3ccc(F)cc3)CCC2C)c1. The fourth-order valence-electron chi connectivity index (χ4n) is 4.13. The molecule has 2 atom stereocenters. The summed E-state index contributed by atoms with van der Waals surface area (Å²) in [6, 6.07) is 11.4. The van der Waals surface area contributed by atoms with Gasteiger partial charge in [-0.15, -0.1) is 0 Å². The first-order valence-electron chi connectivity index (χ1n) is 10.7. The van der Waals surface area contributed by atoms with Crippen LogP contribution in [0, 0.1) is 18.7 Å². The molecule has 2 heterocycles. The van der Waals surface area contributed by atoms with E-state index in [1.807, 2.05) is 36.9 Å². The van der Waals surface area contributed by atoms with Crippen LogP contribution < -0.4 is 5.32 Å². The fraction of sp³-hybridized carbons (Fsp3) is 0.333. The predicted octanol–water partition coefficient (Wildman–Crippen LogP) is 3.98. The average molecular weight is 436 g/mol. The van der Waals surface area contributed by atoms with Crippen molar-refractivity contribution in [3.05, 3.63) is 71.8 Å². The van der Waals surface area contributed by atoms with Crippen molar-refractivity contribution in [2.24, 2.45) is 5.92 Å². The number of likely N-dealkylation sites (tertiary alicyclic amines) is 1. The van der Waals surface area contributed by atoms with Crippen molar-refractivity contribution in [1.29, 1.82) is 0 Å². The molecule has 0 saturated carbocycles. The Balaban J connectivity index is 1.48. The van der Waals surface area contributed by atoms with Gasteiger partial charge in [-0.3, -0.25) is 9.59 Å². The van der Waals surface area contributed by atoms with Crippen molar-refractivity contribution < 1.29 is 14.0 Å². The van der Waals surface area contributed by atoms with Crippen LogP contribution in [-0.2, 0) is 4.79 Å². The number of carbonyl (C=O) groups excluding carboxylic acids is 2. The van der Waals surface area contributed by atoms with Gasteiger partial charge in [-0.25, -0.2) is 4.39 Å². The molecule has 2 aromatic carbocycles. The molecule has 0 radical (unpaired) electrons. The molecule has 0 bridgehead atoms. The van der Waals surface area contributed by atoms with Gasteiger partial charge in [-0.05, 0) is 69.0 Å². The second kappa shape index (κ2) is 9.30. The molecule has 1 saturated heterocycles. The summed E-state index contributed by atoms with van der Waals surface area (Å²) in [6.45, 7) is 4.48. The van der Waals surface area contributed by atoms with Gasteiger partial charge in [0.2, 0.25) is 5.91 Å². The number of aromatic nitrogens is 3. The molecule has 4 rings (SSSR count). The smallest absolute Gasteiger partial charge is 0.256 e. The molecule has 1 aromatic heterocycles. The number of rotatable bonds is 5. The van der Waals surface area contributed by atoms with Crippen molar-refractivity contribution in [3.8, 4) is 5.69 Å². The van der Waals surface area contributed by atoms with E-state index in [0.717, 1.165) is 18.4 Å². The van der Waals surface area contributed by atoms with Gasteiger partial charge >= 0.3 is 0 Å². The number of benzene rings is 2. The monoisotopic (exact) mass is 435 g/mol. The molecule has 2 amide bonds. The summed E-state index contributed by atoms with van der Waals surface area (Å²) in [5.41, 5.74) is 2.72. The van der Waals surface area contributed by atoms with Crippen LogP contribution in [0.3, 0.4) is 0 Å². The molecule has 1 fully saturated rings. The number of halogens is 1. The number of carbonyl (C=O) groups is 2. The molecule has 1 aliphatic rings. The zero-order valence-electron chi connectivity index (χ0n) is 18.2. The maximum atomic E-state index is 13.6. The van der Waals surface area contributed by atoms with Gasteiger partial charge in [0.25, 0.3) is 5.91 Å². The number of hydrogen-bond acceptors (Lipinski definition) is 4. The highest BCUT2D eigenvalue weighted by Crippen LogP contribution is 2.28. The Kier molecular flexibility index (Phi) is 6.30. The normalized spacial score (nSPS) is 18.4. The quantitative estimate of drug-likeness (QED) is 0.657. The predicted molar refractivity (Wildman–Crippen MR) is 119 cm³/mol. The molecule has 0 aliphatic carbocycles. The zero-order valence-corrected chi connectivity index (χ0v) is 18.2. The van der Waals surface area contributed by atoms with Gasteiger partial charge in [0, 0.05) is 24.7 Å². The van der Waals surface area contributed by atoms with Gasteiger partial charge in [-0.2, -0.15) is 15.0 Å². The molecule has 2 unspecified atom stereocenters. The lowest BCUT2D eigenvalue weighted by Gasteiger charge is -2.38. The van der Waals surface area contributed by atoms with E-state index in [4.69, 9.17) is 0 Å². The van der Waals surface area contributed by atoms with Crippen molar-refractivity contribution in [2.75, 3.05) is 11.9 Å². The molecule has 8 heteroatoms. The summed E-state index contributed by atoms with van der Waals surface area (Å²) in [5.74, 6) is -0.524. The number of nitrogens with one attached hydrogen (secondary N) is 1. The number of anilines is 1. The van der Waals surface area contributed by atoms with Gasteiger partial charge in [0.15, 0.2) is 0 Å². The molecular formula is C24H26FN5O2. The van der Waals surface area contributed by atoms with Gasteiger partial charge in [0.05, 0.1) is 23.6 Å². The highest BCUT2D eigenvalue weighted by atomic mass is 19.1. The van der Waals surface area contributed by atoms with E-state index in [1.165, 1.54) is 29.1 Å². The van der Waals surface area contributed by atoms with Crippen LogP contribution in [-0.4, -0.2) is 44.3 Å². The summed E-state index contributed by atoms with van der Waals surface area (Å²) in [4.78, 5) is 29.4. The van der Waals surface area contributed by atoms with E-state index in [-0.39, 0.29) is 29.6 Å². The maximum Gasteiger partial charge on any atom is 0.256 e. The second-order valence-corrected chi connectivity index (χ2v) is 8.35. The fourth-order valence-corrected chi connectivity index (χ4v) is 4.13. The molecular weight excluding hydrogens is 409 g/mol. The third kappa shape index (κ3) is 4.85. The highest BCUT2D eigenvalue weighted by molar-refractivity contribution is 5.98. The first kappa shape index (κ1) is 21.7. The Morgan fingerprint density at radius 2 is 1.81 bits per heavy atom. The van der Waals surface area contributed by atoms with Crippen molar-refractivity contribution in [1.82, 2.24) is 19.9 Å². The molecule has 1 aliphatic heterocycles. The molecule has 7 nitrogen and oxygen atoms in total. The van der Waals surface area contributed by atoms with Gasteiger partial charge in [-0.1, -0.05) is 11.6 Å². The molecule has 0 spiro atoms. The van der Waals surface area contributed by atoms with Crippen LogP contribution in [0.4, 0.5) is 10.1 Å². The first-order valence-corrected chi connectivity index (χ1v) is 10.7. The maximum absolute atomic E-state index is 13.6. The minimum absolute atomic E-state index is 0.0479. The number of amides is 2. The van der Waals surface area contributed by atoms with Crippen molar-refractivity contribution in [2.45, 2.75) is 39.2 Å². The topological polar surface area (TPSA) is 80.1 Å². The van der Waals surface area contributed by atoms with Crippen LogP contribution in [0.2, 0.25) is 0 Å². The Hall–Kier alpha value is -3.55. The number of nitrogens with zero attached hydrogens (tertiary/aromatic N) is 4. The third-order valence-electron chi connectivity index (χ3n) is 5.86. The van der Waals surface area contributed by atoms with E-state index in [1.54, 1.807) is 12.4 Å².